The molecule has 0 amide bonds. The average Bonchev–Trinajstić information content (AvgIpc) is 3.33. The van der Waals surface area contributed by atoms with E-state index in [1.54, 1.807) is 7.11 Å². The van der Waals surface area contributed by atoms with Crippen LogP contribution in [0.25, 0.3) is 22.2 Å². The SMILES string of the molecule is CCn1ncc2c(-c3cncc(C)c3)c(OC)c(C3CC3)nc21. The largest absolute Gasteiger partial charge is 0.494 e. The second-order valence-corrected chi connectivity index (χ2v) is 6.13. The fourth-order valence-corrected chi connectivity index (χ4v) is 3.14. The van der Waals surface area contributed by atoms with Gasteiger partial charge in [-0.15, -0.1) is 0 Å². The molecule has 3 aromatic rings. The molecule has 0 N–H and O–H groups in total. The van der Waals surface area contributed by atoms with Crippen molar-refractivity contribution in [1.82, 2.24) is 19.7 Å². The van der Waals surface area contributed by atoms with Gasteiger partial charge in [-0.3, -0.25) is 4.98 Å². The molecule has 0 atom stereocenters. The van der Waals surface area contributed by atoms with Crippen LogP contribution >= 0.6 is 0 Å². The van der Waals surface area contributed by atoms with E-state index >= 15 is 0 Å². The quantitative estimate of drug-likeness (QED) is 0.737. The van der Waals surface area contributed by atoms with Gasteiger partial charge in [-0.1, -0.05) is 0 Å². The van der Waals surface area contributed by atoms with E-state index in [9.17, 15) is 0 Å². The highest BCUT2D eigenvalue weighted by Crippen LogP contribution is 2.48. The van der Waals surface area contributed by atoms with Crippen LogP contribution in [0.3, 0.4) is 0 Å². The molecule has 0 spiro atoms. The Morgan fingerprint density at radius 3 is 2.74 bits per heavy atom. The summed E-state index contributed by atoms with van der Waals surface area (Å²) in [5.41, 5.74) is 5.26. The summed E-state index contributed by atoms with van der Waals surface area (Å²) >= 11 is 0. The summed E-state index contributed by atoms with van der Waals surface area (Å²) in [6, 6.07) is 2.14. The number of hydrogen-bond acceptors (Lipinski definition) is 4. The van der Waals surface area contributed by atoms with Crippen molar-refractivity contribution in [3.63, 3.8) is 0 Å². The predicted molar refractivity (Wildman–Crippen MR) is 89.7 cm³/mol. The molecule has 1 aliphatic carbocycles. The molecule has 1 fully saturated rings. The summed E-state index contributed by atoms with van der Waals surface area (Å²) in [4.78, 5) is 9.26. The van der Waals surface area contributed by atoms with Gasteiger partial charge in [-0.25, -0.2) is 9.67 Å². The highest BCUT2D eigenvalue weighted by atomic mass is 16.5. The molecule has 118 valence electrons. The van der Waals surface area contributed by atoms with E-state index in [4.69, 9.17) is 9.72 Å². The fraction of sp³-hybridized carbons (Fsp3) is 0.389. The Balaban J connectivity index is 2.08. The van der Waals surface area contributed by atoms with Gasteiger partial charge in [-0.2, -0.15) is 5.10 Å². The number of methoxy groups -OCH3 is 1. The highest BCUT2D eigenvalue weighted by molar-refractivity contribution is 5.96. The molecule has 0 saturated heterocycles. The van der Waals surface area contributed by atoms with Gasteiger partial charge in [0.25, 0.3) is 0 Å². The maximum atomic E-state index is 5.80. The number of pyridine rings is 2. The van der Waals surface area contributed by atoms with E-state index in [2.05, 4.69) is 30.0 Å². The molecule has 0 radical (unpaired) electrons. The highest BCUT2D eigenvalue weighted by Gasteiger charge is 2.32. The van der Waals surface area contributed by atoms with Crippen molar-refractivity contribution in [3.05, 3.63) is 35.9 Å². The van der Waals surface area contributed by atoms with Crippen LogP contribution in [-0.2, 0) is 6.54 Å². The molecule has 0 bridgehead atoms. The van der Waals surface area contributed by atoms with Crippen LogP contribution in [0.4, 0.5) is 0 Å². The zero-order chi connectivity index (χ0) is 16.0. The molecule has 23 heavy (non-hydrogen) atoms. The van der Waals surface area contributed by atoms with Crippen LogP contribution in [0.15, 0.2) is 24.7 Å². The molecular weight excluding hydrogens is 288 g/mol. The third-order valence-corrected chi connectivity index (χ3v) is 4.40. The van der Waals surface area contributed by atoms with Crippen molar-refractivity contribution in [2.24, 2.45) is 0 Å². The summed E-state index contributed by atoms with van der Waals surface area (Å²) in [5, 5.41) is 5.53. The van der Waals surface area contributed by atoms with Gasteiger partial charge in [0, 0.05) is 36.0 Å². The summed E-state index contributed by atoms with van der Waals surface area (Å²) in [6.07, 6.45) is 8.01. The minimum atomic E-state index is 0.506. The topological polar surface area (TPSA) is 52.8 Å². The van der Waals surface area contributed by atoms with Crippen LogP contribution in [-0.4, -0.2) is 26.9 Å². The normalized spacial score (nSPS) is 14.4. The van der Waals surface area contributed by atoms with E-state index in [1.807, 2.05) is 23.3 Å². The smallest absolute Gasteiger partial charge is 0.158 e. The van der Waals surface area contributed by atoms with Crippen molar-refractivity contribution in [2.75, 3.05) is 7.11 Å². The summed E-state index contributed by atoms with van der Waals surface area (Å²) in [6.45, 7) is 4.94. The minimum absolute atomic E-state index is 0.506. The van der Waals surface area contributed by atoms with Gasteiger partial charge >= 0.3 is 0 Å². The van der Waals surface area contributed by atoms with Crippen LogP contribution < -0.4 is 4.74 Å². The molecule has 0 unspecified atom stereocenters. The van der Waals surface area contributed by atoms with E-state index in [1.165, 1.54) is 12.8 Å². The van der Waals surface area contributed by atoms with Crippen molar-refractivity contribution in [3.8, 4) is 16.9 Å². The molecule has 5 nitrogen and oxygen atoms in total. The monoisotopic (exact) mass is 308 g/mol. The lowest BCUT2D eigenvalue weighted by Gasteiger charge is -2.15. The maximum Gasteiger partial charge on any atom is 0.158 e. The first-order valence-electron chi connectivity index (χ1n) is 8.08. The van der Waals surface area contributed by atoms with E-state index in [-0.39, 0.29) is 0 Å². The van der Waals surface area contributed by atoms with Crippen molar-refractivity contribution < 1.29 is 4.74 Å². The molecule has 3 aromatic heterocycles. The Bertz CT molecular complexity index is 880. The van der Waals surface area contributed by atoms with Crippen LogP contribution in [0, 0.1) is 6.92 Å². The van der Waals surface area contributed by atoms with Crippen LogP contribution in [0.2, 0.25) is 0 Å². The van der Waals surface area contributed by atoms with E-state index < -0.39 is 0 Å². The summed E-state index contributed by atoms with van der Waals surface area (Å²) in [5.74, 6) is 1.38. The van der Waals surface area contributed by atoms with Gasteiger partial charge in [-0.05, 0) is 38.3 Å². The van der Waals surface area contributed by atoms with Gasteiger partial charge in [0.1, 0.15) is 5.75 Å². The predicted octanol–water partition coefficient (Wildman–Crippen LogP) is 3.71. The number of nitrogens with zero attached hydrogens (tertiary/aromatic N) is 4. The van der Waals surface area contributed by atoms with Crippen molar-refractivity contribution >= 4 is 11.0 Å². The van der Waals surface area contributed by atoms with E-state index in [0.29, 0.717) is 5.92 Å². The number of fused-ring (bicyclic) bond motifs is 1. The molecular formula is C18H20N4O. The van der Waals surface area contributed by atoms with Gasteiger partial charge in [0.15, 0.2) is 5.65 Å². The lowest BCUT2D eigenvalue weighted by atomic mass is 10.0. The molecule has 1 saturated carbocycles. The average molecular weight is 308 g/mol. The standard InChI is InChI=1S/C18H20N4O/c1-4-22-18-14(10-20-22)15(13-7-11(2)8-19-9-13)17(23-3)16(21-18)12-5-6-12/h7-10,12H,4-6H2,1-3H3. The number of rotatable bonds is 4. The Kier molecular flexibility index (Phi) is 3.29. The molecule has 4 rings (SSSR count). The Hall–Kier alpha value is -2.43. The summed E-state index contributed by atoms with van der Waals surface area (Å²) in [7, 11) is 1.73. The van der Waals surface area contributed by atoms with Crippen LogP contribution in [0.5, 0.6) is 5.75 Å². The third kappa shape index (κ3) is 2.27. The second-order valence-electron chi connectivity index (χ2n) is 6.13. The number of hydrogen-bond donors (Lipinski definition) is 0. The van der Waals surface area contributed by atoms with Crippen molar-refractivity contribution in [1.29, 1.82) is 0 Å². The first-order chi connectivity index (χ1) is 11.2. The Morgan fingerprint density at radius 2 is 2.09 bits per heavy atom. The molecule has 1 aliphatic rings. The first-order valence-corrected chi connectivity index (χ1v) is 8.08. The molecule has 0 aliphatic heterocycles. The zero-order valence-electron chi connectivity index (χ0n) is 13.7. The van der Waals surface area contributed by atoms with Gasteiger partial charge in [0.05, 0.1) is 24.4 Å². The molecule has 3 heterocycles. The number of aryl methyl sites for hydroxylation is 2. The van der Waals surface area contributed by atoms with E-state index in [0.717, 1.165) is 45.7 Å². The second kappa shape index (κ2) is 5.33. The Morgan fingerprint density at radius 1 is 1.26 bits per heavy atom. The van der Waals surface area contributed by atoms with Crippen LogP contribution in [0.1, 0.15) is 36.9 Å². The fourth-order valence-electron chi connectivity index (χ4n) is 3.14. The third-order valence-electron chi connectivity index (χ3n) is 4.40. The number of ether oxygens (including phenoxy) is 1. The Labute approximate surface area is 135 Å². The maximum absolute atomic E-state index is 5.80. The van der Waals surface area contributed by atoms with Gasteiger partial charge in [0.2, 0.25) is 0 Å². The lowest BCUT2D eigenvalue weighted by Crippen LogP contribution is -2.02. The molecule has 0 aromatic carbocycles. The zero-order valence-corrected chi connectivity index (χ0v) is 13.7. The first kappa shape index (κ1) is 14.2. The van der Waals surface area contributed by atoms with Gasteiger partial charge < -0.3 is 4.74 Å². The lowest BCUT2D eigenvalue weighted by molar-refractivity contribution is 0.409. The van der Waals surface area contributed by atoms with Crippen molar-refractivity contribution in [2.45, 2.75) is 39.2 Å². The summed E-state index contributed by atoms with van der Waals surface area (Å²) < 4.78 is 7.75. The minimum Gasteiger partial charge on any atom is -0.494 e. The molecule has 5 heteroatoms. The number of aromatic nitrogens is 4.